The van der Waals surface area contributed by atoms with E-state index in [4.69, 9.17) is 5.73 Å². The summed E-state index contributed by atoms with van der Waals surface area (Å²) in [5.74, 6) is -0.125. The number of aryl methyl sites for hydroxylation is 1. The zero-order valence-electron chi connectivity index (χ0n) is 10.4. The Labute approximate surface area is 105 Å². The highest BCUT2D eigenvalue weighted by Crippen LogP contribution is 2.15. The van der Waals surface area contributed by atoms with E-state index in [9.17, 15) is 4.79 Å². The predicted molar refractivity (Wildman–Crippen MR) is 70.1 cm³/mol. The van der Waals surface area contributed by atoms with E-state index in [2.05, 4.69) is 15.5 Å². The van der Waals surface area contributed by atoms with Gasteiger partial charge in [0.2, 0.25) is 0 Å². The van der Waals surface area contributed by atoms with Crippen LogP contribution >= 0.6 is 0 Å². The van der Waals surface area contributed by atoms with Gasteiger partial charge in [-0.2, -0.15) is 5.10 Å². The summed E-state index contributed by atoms with van der Waals surface area (Å²) in [4.78, 5) is 12.0. The van der Waals surface area contributed by atoms with Crippen molar-refractivity contribution < 1.29 is 4.79 Å². The maximum absolute atomic E-state index is 12.0. The fourth-order valence-corrected chi connectivity index (χ4v) is 1.72. The number of H-pyrrole nitrogens is 1. The second kappa shape index (κ2) is 4.91. The first-order valence-electron chi connectivity index (χ1n) is 5.71. The molecule has 2 aromatic rings. The Kier molecular flexibility index (Phi) is 3.32. The van der Waals surface area contributed by atoms with Gasteiger partial charge in [-0.3, -0.25) is 9.89 Å². The Hall–Kier alpha value is -2.30. The number of nitrogen functional groups attached to an aromatic ring is 1. The van der Waals surface area contributed by atoms with Crippen molar-refractivity contribution in [2.45, 2.75) is 20.4 Å². The Morgan fingerprint density at radius 3 is 2.89 bits per heavy atom. The molecule has 0 saturated carbocycles. The molecule has 0 atom stereocenters. The van der Waals surface area contributed by atoms with Crippen LogP contribution in [0.2, 0.25) is 0 Å². The molecule has 5 heteroatoms. The van der Waals surface area contributed by atoms with E-state index in [0.717, 1.165) is 16.8 Å². The minimum atomic E-state index is -0.125. The van der Waals surface area contributed by atoms with Crippen molar-refractivity contribution in [3.8, 4) is 0 Å². The van der Waals surface area contributed by atoms with E-state index in [1.165, 1.54) is 0 Å². The van der Waals surface area contributed by atoms with Crippen molar-refractivity contribution in [3.63, 3.8) is 0 Å². The Morgan fingerprint density at radius 2 is 2.22 bits per heavy atom. The number of nitrogens with one attached hydrogen (secondary N) is 2. The molecule has 1 aromatic heterocycles. The van der Waals surface area contributed by atoms with Gasteiger partial charge in [0, 0.05) is 29.1 Å². The topological polar surface area (TPSA) is 83.8 Å². The number of aromatic amines is 1. The number of hydrogen-bond acceptors (Lipinski definition) is 3. The van der Waals surface area contributed by atoms with Crippen molar-refractivity contribution >= 4 is 11.6 Å². The molecule has 0 aliphatic carbocycles. The molecule has 2 rings (SSSR count). The van der Waals surface area contributed by atoms with Gasteiger partial charge < -0.3 is 11.1 Å². The summed E-state index contributed by atoms with van der Waals surface area (Å²) in [6.45, 7) is 4.21. The van der Waals surface area contributed by atoms with Gasteiger partial charge >= 0.3 is 0 Å². The SMILES string of the molecule is Cc1[nH]ncc1CNC(=O)c1cccc(N)c1C. The minimum Gasteiger partial charge on any atom is -0.398 e. The van der Waals surface area contributed by atoms with Crippen LogP contribution in [0.15, 0.2) is 24.4 Å². The molecule has 0 fully saturated rings. The van der Waals surface area contributed by atoms with Gasteiger partial charge in [-0.05, 0) is 31.5 Å². The van der Waals surface area contributed by atoms with Crippen LogP contribution in [-0.4, -0.2) is 16.1 Å². The molecular weight excluding hydrogens is 228 g/mol. The molecule has 0 aliphatic rings. The van der Waals surface area contributed by atoms with E-state index in [1.54, 1.807) is 24.4 Å². The van der Waals surface area contributed by atoms with Crippen LogP contribution in [0.25, 0.3) is 0 Å². The molecule has 0 radical (unpaired) electrons. The van der Waals surface area contributed by atoms with E-state index in [1.807, 2.05) is 13.8 Å². The predicted octanol–water partition coefficient (Wildman–Crippen LogP) is 1.54. The summed E-state index contributed by atoms with van der Waals surface area (Å²) in [5.41, 5.74) is 9.75. The van der Waals surface area contributed by atoms with E-state index in [0.29, 0.717) is 17.8 Å². The number of carbonyl (C=O) groups excluding carboxylic acids is 1. The third kappa shape index (κ3) is 2.34. The van der Waals surface area contributed by atoms with Gasteiger partial charge in [0.05, 0.1) is 6.20 Å². The number of benzene rings is 1. The fraction of sp³-hybridized carbons (Fsp3) is 0.231. The summed E-state index contributed by atoms with van der Waals surface area (Å²) >= 11 is 0. The maximum atomic E-state index is 12.0. The van der Waals surface area contributed by atoms with Crippen molar-refractivity contribution in [2.75, 3.05) is 5.73 Å². The highest BCUT2D eigenvalue weighted by Gasteiger charge is 2.10. The zero-order valence-corrected chi connectivity index (χ0v) is 10.4. The maximum Gasteiger partial charge on any atom is 0.251 e. The first kappa shape index (κ1) is 12.2. The molecule has 0 saturated heterocycles. The molecule has 0 spiro atoms. The Morgan fingerprint density at radius 1 is 1.44 bits per heavy atom. The smallest absolute Gasteiger partial charge is 0.251 e. The van der Waals surface area contributed by atoms with Crippen LogP contribution in [0, 0.1) is 13.8 Å². The molecular formula is C13H16N4O. The van der Waals surface area contributed by atoms with Gasteiger partial charge in [-0.1, -0.05) is 6.07 Å². The summed E-state index contributed by atoms with van der Waals surface area (Å²) in [7, 11) is 0. The molecule has 18 heavy (non-hydrogen) atoms. The normalized spacial score (nSPS) is 10.3. The number of aromatic nitrogens is 2. The van der Waals surface area contributed by atoms with Crippen LogP contribution in [0.5, 0.6) is 0 Å². The average molecular weight is 244 g/mol. The highest BCUT2D eigenvalue weighted by molar-refractivity contribution is 5.96. The zero-order chi connectivity index (χ0) is 13.1. The molecule has 94 valence electrons. The molecule has 0 bridgehead atoms. The molecule has 5 nitrogen and oxygen atoms in total. The van der Waals surface area contributed by atoms with Crippen LogP contribution in [0.1, 0.15) is 27.2 Å². The van der Waals surface area contributed by atoms with Gasteiger partial charge in [-0.25, -0.2) is 0 Å². The number of amides is 1. The summed E-state index contributed by atoms with van der Waals surface area (Å²) in [5, 5.41) is 9.59. The molecule has 1 heterocycles. The van der Waals surface area contributed by atoms with E-state index < -0.39 is 0 Å². The lowest BCUT2D eigenvalue weighted by Gasteiger charge is -2.08. The van der Waals surface area contributed by atoms with Gasteiger partial charge in [-0.15, -0.1) is 0 Å². The third-order valence-electron chi connectivity index (χ3n) is 2.99. The first-order valence-corrected chi connectivity index (χ1v) is 5.71. The molecule has 1 amide bonds. The van der Waals surface area contributed by atoms with Crippen molar-refractivity contribution in [1.82, 2.24) is 15.5 Å². The van der Waals surface area contributed by atoms with Crippen molar-refractivity contribution in [3.05, 3.63) is 46.8 Å². The molecule has 4 N–H and O–H groups in total. The monoisotopic (exact) mass is 244 g/mol. The van der Waals surface area contributed by atoms with Crippen LogP contribution in [0.3, 0.4) is 0 Å². The van der Waals surface area contributed by atoms with E-state index >= 15 is 0 Å². The third-order valence-corrected chi connectivity index (χ3v) is 2.99. The van der Waals surface area contributed by atoms with Gasteiger partial charge in [0.1, 0.15) is 0 Å². The number of carbonyl (C=O) groups is 1. The first-order chi connectivity index (χ1) is 8.59. The van der Waals surface area contributed by atoms with Crippen molar-refractivity contribution in [2.24, 2.45) is 0 Å². The summed E-state index contributed by atoms with van der Waals surface area (Å²) in [6.07, 6.45) is 1.71. The second-order valence-electron chi connectivity index (χ2n) is 4.22. The molecule has 1 aromatic carbocycles. The van der Waals surface area contributed by atoms with Gasteiger partial charge in [0.15, 0.2) is 0 Å². The van der Waals surface area contributed by atoms with E-state index in [-0.39, 0.29) is 5.91 Å². The lowest BCUT2D eigenvalue weighted by atomic mass is 10.1. The Bertz CT molecular complexity index is 574. The van der Waals surface area contributed by atoms with Crippen LogP contribution in [-0.2, 0) is 6.54 Å². The summed E-state index contributed by atoms with van der Waals surface area (Å²) in [6, 6.07) is 5.33. The number of nitrogens with zero attached hydrogens (tertiary/aromatic N) is 1. The lowest BCUT2D eigenvalue weighted by molar-refractivity contribution is 0.0950. The fourth-order valence-electron chi connectivity index (χ4n) is 1.72. The Balaban J connectivity index is 2.09. The lowest BCUT2D eigenvalue weighted by Crippen LogP contribution is -2.24. The number of hydrogen-bond donors (Lipinski definition) is 3. The van der Waals surface area contributed by atoms with Gasteiger partial charge in [0.25, 0.3) is 5.91 Å². The van der Waals surface area contributed by atoms with Crippen LogP contribution in [0.4, 0.5) is 5.69 Å². The quantitative estimate of drug-likeness (QED) is 0.716. The minimum absolute atomic E-state index is 0.125. The number of anilines is 1. The highest BCUT2D eigenvalue weighted by atomic mass is 16.1. The number of nitrogens with two attached hydrogens (primary N) is 1. The summed E-state index contributed by atoms with van der Waals surface area (Å²) < 4.78 is 0. The second-order valence-corrected chi connectivity index (χ2v) is 4.22. The molecule has 0 aliphatic heterocycles. The molecule has 0 unspecified atom stereocenters. The standard InChI is InChI=1S/C13H16N4O/c1-8-11(4-3-5-12(8)14)13(18)15-6-10-7-16-17-9(10)2/h3-5,7H,6,14H2,1-2H3,(H,15,18)(H,16,17). The van der Waals surface area contributed by atoms with Crippen LogP contribution < -0.4 is 11.1 Å². The number of rotatable bonds is 3. The average Bonchev–Trinajstić information content (AvgIpc) is 2.75. The largest absolute Gasteiger partial charge is 0.398 e. The van der Waals surface area contributed by atoms with Crippen molar-refractivity contribution in [1.29, 1.82) is 0 Å².